The third kappa shape index (κ3) is 2.92. The molecule has 0 atom stereocenters. The van der Waals surface area contributed by atoms with E-state index >= 15 is 0 Å². The SMILES string of the molecule is [C-]#[N+]c1ccc2c(oc3c(-c4ccc(C)c[n+]4C)c(C)cc(C)c32)c1-c1ccccc1. The number of hydrogen-bond acceptors (Lipinski definition) is 1. The largest absolute Gasteiger partial charge is 0.456 e. The van der Waals surface area contributed by atoms with Crippen molar-refractivity contribution in [3.8, 4) is 22.4 Å². The van der Waals surface area contributed by atoms with Gasteiger partial charge in [0, 0.05) is 28.0 Å². The highest BCUT2D eigenvalue weighted by Crippen LogP contribution is 2.45. The summed E-state index contributed by atoms with van der Waals surface area (Å²) in [6.07, 6.45) is 2.13. The zero-order chi connectivity index (χ0) is 21.7. The zero-order valence-electron chi connectivity index (χ0n) is 18.2. The fourth-order valence-electron chi connectivity index (χ4n) is 4.67. The van der Waals surface area contributed by atoms with Gasteiger partial charge in [0.25, 0.3) is 0 Å². The highest BCUT2D eigenvalue weighted by molar-refractivity contribution is 6.16. The normalized spacial score (nSPS) is 11.2. The first-order valence-corrected chi connectivity index (χ1v) is 10.4. The number of furan rings is 1. The lowest BCUT2D eigenvalue weighted by molar-refractivity contribution is -0.660. The molecule has 5 aromatic rings. The maximum Gasteiger partial charge on any atom is 0.216 e. The van der Waals surface area contributed by atoms with Crippen LogP contribution in [0.15, 0.2) is 71.3 Å². The van der Waals surface area contributed by atoms with Crippen LogP contribution in [0.4, 0.5) is 5.69 Å². The molecule has 0 aliphatic heterocycles. The minimum Gasteiger partial charge on any atom is -0.456 e. The van der Waals surface area contributed by atoms with E-state index in [9.17, 15) is 0 Å². The van der Waals surface area contributed by atoms with Gasteiger partial charge in [-0.25, -0.2) is 9.41 Å². The molecule has 0 saturated heterocycles. The van der Waals surface area contributed by atoms with Gasteiger partial charge in [-0.1, -0.05) is 48.5 Å². The van der Waals surface area contributed by atoms with E-state index < -0.39 is 0 Å². The number of pyridine rings is 1. The molecule has 0 N–H and O–H groups in total. The van der Waals surface area contributed by atoms with Crippen molar-refractivity contribution in [2.75, 3.05) is 0 Å². The van der Waals surface area contributed by atoms with Gasteiger partial charge in [0.15, 0.2) is 11.9 Å². The Labute approximate surface area is 182 Å². The molecule has 0 fully saturated rings. The lowest BCUT2D eigenvalue weighted by Gasteiger charge is -2.08. The van der Waals surface area contributed by atoms with Crippen LogP contribution in [0.2, 0.25) is 0 Å². The van der Waals surface area contributed by atoms with Crippen molar-refractivity contribution in [3.63, 3.8) is 0 Å². The molecule has 5 rings (SSSR count). The smallest absolute Gasteiger partial charge is 0.216 e. The van der Waals surface area contributed by atoms with Crippen molar-refractivity contribution in [2.45, 2.75) is 20.8 Å². The van der Waals surface area contributed by atoms with Gasteiger partial charge in [0.05, 0.1) is 12.1 Å². The van der Waals surface area contributed by atoms with Crippen LogP contribution in [0.5, 0.6) is 0 Å². The van der Waals surface area contributed by atoms with E-state index in [2.05, 4.69) is 61.6 Å². The van der Waals surface area contributed by atoms with Crippen LogP contribution in [0.25, 0.3) is 49.2 Å². The Balaban J connectivity index is 1.96. The van der Waals surface area contributed by atoms with Crippen LogP contribution in [0.1, 0.15) is 16.7 Å². The Morgan fingerprint density at radius 2 is 1.61 bits per heavy atom. The summed E-state index contributed by atoms with van der Waals surface area (Å²) in [5.41, 5.74) is 9.90. The third-order valence-electron chi connectivity index (χ3n) is 6.01. The second kappa shape index (κ2) is 7.11. The summed E-state index contributed by atoms with van der Waals surface area (Å²) in [7, 11) is 2.07. The highest BCUT2D eigenvalue weighted by atomic mass is 16.3. The maximum atomic E-state index is 7.72. The molecular weight excluding hydrogens is 380 g/mol. The van der Waals surface area contributed by atoms with Gasteiger partial charge in [-0.3, -0.25) is 0 Å². The van der Waals surface area contributed by atoms with Gasteiger partial charge in [-0.15, -0.1) is 0 Å². The van der Waals surface area contributed by atoms with Crippen LogP contribution >= 0.6 is 0 Å². The van der Waals surface area contributed by atoms with Crippen LogP contribution in [0, 0.1) is 27.3 Å². The molecule has 3 heteroatoms. The molecule has 0 bridgehead atoms. The van der Waals surface area contributed by atoms with Gasteiger partial charge in [0.2, 0.25) is 5.69 Å². The van der Waals surface area contributed by atoms with Gasteiger partial charge in [-0.05, 0) is 43.5 Å². The van der Waals surface area contributed by atoms with Crippen LogP contribution < -0.4 is 4.57 Å². The molecule has 31 heavy (non-hydrogen) atoms. The van der Waals surface area contributed by atoms with E-state index in [1.807, 2.05) is 42.5 Å². The first-order valence-electron chi connectivity index (χ1n) is 10.4. The molecule has 3 aromatic carbocycles. The molecule has 2 aromatic heterocycles. The van der Waals surface area contributed by atoms with E-state index in [0.29, 0.717) is 5.69 Å². The molecule has 0 saturated carbocycles. The first kappa shape index (κ1) is 19.1. The monoisotopic (exact) mass is 403 g/mol. The van der Waals surface area contributed by atoms with Gasteiger partial charge < -0.3 is 4.42 Å². The number of aryl methyl sites for hydroxylation is 4. The summed E-state index contributed by atoms with van der Waals surface area (Å²) in [4.78, 5) is 3.80. The second-order valence-electron chi connectivity index (χ2n) is 8.21. The minimum absolute atomic E-state index is 0.606. The highest BCUT2D eigenvalue weighted by Gasteiger charge is 2.24. The average Bonchev–Trinajstić information content (AvgIpc) is 3.14. The molecule has 2 heterocycles. The van der Waals surface area contributed by atoms with Gasteiger partial charge in [-0.2, -0.15) is 0 Å². The first-order chi connectivity index (χ1) is 15.0. The fraction of sp³-hybridized carbons (Fsp3) is 0.143. The van der Waals surface area contributed by atoms with Crippen LogP contribution in [-0.4, -0.2) is 0 Å². The number of aromatic nitrogens is 1. The summed E-state index contributed by atoms with van der Waals surface area (Å²) >= 11 is 0. The lowest BCUT2D eigenvalue weighted by atomic mass is 9.95. The molecular formula is C28H23N2O+. The van der Waals surface area contributed by atoms with Crippen molar-refractivity contribution in [1.29, 1.82) is 0 Å². The van der Waals surface area contributed by atoms with E-state index in [1.54, 1.807) is 0 Å². The molecule has 3 nitrogen and oxygen atoms in total. The van der Waals surface area contributed by atoms with Crippen LogP contribution in [0.3, 0.4) is 0 Å². The predicted molar refractivity (Wildman–Crippen MR) is 126 cm³/mol. The van der Waals surface area contributed by atoms with Crippen molar-refractivity contribution >= 4 is 27.6 Å². The Morgan fingerprint density at radius 3 is 2.32 bits per heavy atom. The Bertz CT molecular complexity index is 1520. The Morgan fingerprint density at radius 1 is 0.839 bits per heavy atom. The standard InChI is InChI=1S/C28H23N2O/c1-17-11-14-23(30(5)16-17)25-19(3)15-18(2)24-21-12-13-22(29-4)26(27(21)31-28(24)25)20-9-7-6-8-10-20/h6-16H,1-3,5H3/q+1. The maximum absolute atomic E-state index is 7.72. The number of benzene rings is 3. The molecule has 0 aliphatic carbocycles. The third-order valence-corrected chi connectivity index (χ3v) is 6.01. The summed E-state index contributed by atoms with van der Waals surface area (Å²) in [6.45, 7) is 14.1. The molecule has 0 aliphatic rings. The lowest BCUT2D eigenvalue weighted by Crippen LogP contribution is -2.31. The summed E-state index contributed by atoms with van der Waals surface area (Å²) in [5.74, 6) is 0. The molecule has 0 amide bonds. The Hall–Kier alpha value is -3.90. The quantitative estimate of drug-likeness (QED) is 0.225. The summed E-state index contributed by atoms with van der Waals surface area (Å²) in [5, 5.41) is 2.17. The number of fused-ring (bicyclic) bond motifs is 3. The van der Waals surface area contributed by atoms with Crippen molar-refractivity contribution < 1.29 is 8.98 Å². The van der Waals surface area contributed by atoms with Gasteiger partial charge >= 0.3 is 0 Å². The Kier molecular flexibility index (Phi) is 4.38. The molecule has 150 valence electrons. The fourth-order valence-corrected chi connectivity index (χ4v) is 4.67. The van der Waals surface area contributed by atoms with Crippen molar-refractivity contribution in [2.24, 2.45) is 7.05 Å². The molecule has 0 radical (unpaired) electrons. The van der Waals surface area contributed by atoms with Crippen molar-refractivity contribution in [3.05, 3.63) is 95.0 Å². The van der Waals surface area contributed by atoms with E-state index in [1.165, 1.54) is 16.7 Å². The summed E-state index contributed by atoms with van der Waals surface area (Å²) in [6, 6.07) is 20.5. The van der Waals surface area contributed by atoms with Crippen LogP contribution in [-0.2, 0) is 7.05 Å². The number of nitrogens with zero attached hydrogens (tertiary/aromatic N) is 2. The number of rotatable bonds is 2. The summed E-state index contributed by atoms with van der Waals surface area (Å²) < 4.78 is 8.81. The predicted octanol–water partition coefficient (Wildman–Crippen LogP) is 7.22. The van der Waals surface area contributed by atoms with Crippen molar-refractivity contribution in [1.82, 2.24) is 0 Å². The second-order valence-corrected chi connectivity index (χ2v) is 8.21. The minimum atomic E-state index is 0.606. The van der Waals surface area contributed by atoms with Gasteiger partial charge in [0.1, 0.15) is 18.2 Å². The molecule has 0 spiro atoms. The average molecular weight is 404 g/mol. The zero-order valence-corrected chi connectivity index (χ0v) is 18.2. The topological polar surface area (TPSA) is 21.4 Å². The van der Waals surface area contributed by atoms with E-state index in [-0.39, 0.29) is 0 Å². The number of hydrogen-bond donors (Lipinski definition) is 0. The van der Waals surface area contributed by atoms with E-state index in [4.69, 9.17) is 11.0 Å². The molecule has 0 unspecified atom stereocenters. The van der Waals surface area contributed by atoms with E-state index in [0.717, 1.165) is 44.3 Å².